The van der Waals surface area contributed by atoms with Crippen LogP contribution in [0.4, 0.5) is 0 Å². The molecule has 1 aromatic rings. The predicted octanol–water partition coefficient (Wildman–Crippen LogP) is 1.17. The molecular weight excluding hydrogens is 436 g/mol. The molecule has 1 aliphatic heterocycles. The molecule has 3 rings (SSSR count). The Kier molecular flexibility index (Phi) is 9.14. The summed E-state index contributed by atoms with van der Waals surface area (Å²) in [7, 11) is 1.59. The van der Waals surface area contributed by atoms with E-state index in [0.717, 1.165) is 11.1 Å². The van der Waals surface area contributed by atoms with E-state index >= 15 is 0 Å². The third-order valence-corrected chi connectivity index (χ3v) is 6.05. The Morgan fingerprint density at radius 3 is 2.47 bits per heavy atom. The number of halogens is 1. The van der Waals surface area contributed by atoms with Gasteiger partial charge in [0, 0.05) is 18.1 Å². The summed E-state index contributed by atoms with van der Waals surface area (Å²) in [5, 5.41) is 40.6. The van der Waals surface area contributed by atoms with Crippen LogP contribution < -0.4 is 4.74 Å². The first-order valence-corrected chi connectivity index (χ1v) is 10.8. The number of aliphatic hydroxyl groups is 4. The summed E-state index contributed by atoms with van der Waals surface area (Å²) in [6.07, 6.45) is -1.01. The fourth-order valence-electron chi connectivity index (χ4n) is 3.89. The van der Waals surface area contributed by atoms with Crippen LogP contribution in [0.25, 0.3) is 0 Å². The molecule has 1 unspecified atom stereocenters. The summed E-state index contributed by atoms with van der Waals surface area (Å²) in [6, 6.07) is 7.65. The Morgan fingerprint density at radius 2 is 1.78 bits per heavy atom. The molecule has 0 radical (unpaired) electrons. The van der Waals surface area contributed by atoms with Crippen molar-refractivity contribution in [1.29, 1.82) is 0 Å². The minimum Gasteiger partial charge on any atom is -0.481 e. The Hall–Kier alpha value is -1.89. The SMILES string of the molecule is COCC#CCOc1ccc(CC2=C(Cl)C=CC([C@@H]3O[C@H](CO)[C@@H](O)[C@H](O)[C@H]3O)C2)cc1. The summed E-state index contributed by atoms with van der Waals surface area (Å²) in [5.41, 5.74) is 2.01. The second-order valence-corrected chi connectivity index (χ2v) is 8.28. The van der Waals surface area contributed by atoms with E-state index in [9.17, 15) is 20.4 Å². The second-order valence-electron chi connectivity index (χ2n) is 7.87. The van der Waals surface area contributed by atoms with Gasteiger partial charge in [0.2, 0.25) is 0 Å². The summed E-state index contributed by atoms with van der Waals surface area (Å²) in [4.78, 5) is 0. The first-order chi connectivity index (χ1) is 15.4. The van der Waals surface area contributed by atoms with Crippen molar-refractivity contribution in [3.63, 3.8) is 0 Å². The molecule has 4 N–H and O–H groups in total. The number of methoxy groups -OCH3 is 1. The Bertz CT molecular complexity index is 869. The molecule has 1 fully saturated rings. The van der Waals surface area contributed by atoms with Gasteiger partial charge in [-0.15, -0.1) is 0 Å². The van der Waals surface area contributed by atoms with E-state index in [1.807, 2.05) is 30.3 Å². The highest BCUT2D eigenvalue weighted by atomic mass is 35.5. The van der Waals surface area contributed by atoms with Crippen molar-refractivity contribution < 1.29 is 34.6 Å². The average molecular weight is 465 g/mol. The van der Waals surface area contributed by atoms with Crippen molar-refractivity contribution in [3.05, 3.63) is 52.6 Å². The third-order valence-electron chi connectivity index (χ3n) is 5.65. The van der Waals surface area contributed by atoms with Gasteiger partial charge in [-0.1, -0.05) is 41.7 Å². The quantitative estimate of drug-likeness (QED) is 0.448. The molecule has 1 saturated heterocycles. The highest BCUT2D eigenvalue weighted by Gasteiger charge is 2.46. The number of aliphatic hydroxyl groups excluding tert-OH is 4. The van der Waals surface area contributed by atoms with Crippen LogP contribution in [-0.4, -0.2) is 77.9 Å². The summed E-state index contributed by atoms with van der Waals surface area (Å²) in [5.74, 6) is 6.14. The van der Waals surface area contributed by atoms with Crippen LogP contribution in [0.2, 0.25) is 0 Å². The molecule has 0 amide bonds. The molecule has 7 nitrogen and oxygen atoms in total. The van der Waals surface area contributed by atoms with Crippen molar-refractivity contribution in [2.75, 3.05) is 26.9 Å². The standard InChI is InChI=1S/C24H29ClO7/c1-30-10-2-3-11-31-18-7-4-15(5-8-18)12-17-13-16(6-9-19(17)25)24-23(29)22(28)21(27)20(14-26)32-24/h4-9,16,20-24,26-29H,10-14H2,1H3/t16?,20-,21-,22+,23-,24+/m1/s1. The van der Waals surface area contributed by atoms with E-state index < -0.39 is 37.1 Å². The largest absolute Gasteiger partial charge is 0.481 e. The van der Waals surface area contributed by atoms with Gasteiger partial charge >= 0.3 is 0 Å². The molecular formula is C24H29ClO7. The zero-order valence-corrected chi connectivity index (χ0v) is 18.6. The molecule has 0 aromatic heterocycles. The van der Waals surface area contributed by atoms with Gasteiger partial charge in [-0.25, -0.2) is 0 Å². The summed E-state index contributed by atoms with van der Waals surface area (Å²) < 4.78 is 16.2. The molecule has 2 aliphatic rings. The molecule has 0 bridgehead atoms. The highest BCUT2D eigenvalue weighted by molar-refractivity contribution is 6.31. The lowest BCUT2D eigenvalue weighted by molar-refractivity contribution is -0.237. The van der Waals surface area contributed by atoms with Gasteiger partial charge in [-0.2, -0.15) is 0 Å². The minimum atomic E-state index is -1.39. The van der Waals surface area contributed by atoms with Crippen molar-refractivity contribution in [2.45, 2.75) is 43.4 Å². The fraction of sp³-hybridized carbons (Fsp3) is 0.500. The van der Waals surface area contributed by atoms with Gasteiger partial charge in [-0.3, -0.25) is 0 Å². The number of hydrogen-bond donors (Lipinski definition) is 4. The Balaban J connectivity index is 1.61. The molecule has 8 heteroatoms. The van der Waals surface area contributed by atoms with Crippen LogP contribution in [0.1, 0.15) is 12.0 Å². The Morgan fingerprint density at radius 1 is 1.06 bits per heavy atom. The maximum absolute atomic E-state index is 10.4. The maximum Gasteiger partial charge on any atom is 0.149 e. The zero-order chi connectivity index (χ0) is 23.1. The van der Waals surface area contributed by atoms with Crippen LogP contribution in [-0.2, 0) is 15.9 Å². The maximum atomic E-state index is 10.4. The number of allylic oxidation sites excluding steroid dienone is 3. The highest BCUT2D eigenvalue weighted by Crippen LogP contribution is 2.36. The monoisotopic (exact) mass is 464 g/mol. The van der Waals surface area contributed by atoms with Crippen LogP contribution in [0.5, 0.6) is 5.75 Å². The van der Waals surface area contributed by atoms with Gasteiger partial charge in [0.25, 0.3) is 0 Å². The molecule has 0 spiro atoms. The van der Waals surface area contributed by atoms with Crippen LogP contribution in [0.15, 0.2) is 47.0 Å². The van der Waals surface area contributed by atoms with E-state index in [1.165, 1.54) is 0 Å². The van der Waals surface area contributed by atoms with Crippen molar-refractivity contribution >= 4 is 11.6 Å². The molecule has 174 valence electrons. The van der Waals surface area contributed by atoms with E-state index in [1.54, 1.807) is 13.2 Å². The molecule has 32 heavy (non-hydrogen) atoms. The third kappa shape index (κ3) is 6.12. The fourth-order valence-corrected chi connectivity index (χ4v) is 4.10. The molecule has 1 aromatic carbocycles. The smallest absolute Gasteiger partial charge is 0.149 e. The van der Waals surface area contributed by atoms with Gasteiger partial charge < -0.3 is 34.6 Å². The molecule has 6 atom stereocenters. The van der Waals surface area contributed by atoms with Crippen LogP contribution in [0, 0.1) is 17.8 Å². The predicted molar refractivity (Wildman–Crippen MR) is 119 cm³/mol. The number of benzene rings is 1. The van der Waals surface area contributed by atoms with Gasteiger partial charge in [0.1, 0.15) is 43.4 Å². The minimum absolute atomic E-state index is 0.257. The number of ether oxygens (including phenoxy) is 3. The van der Waals surface area contributed by atoms with Crippen molar-refractivity contribution in [3.8, 4) is 17.6 Å². The van der Waals surface area contributed by atoms with E-state index in [0.29, 0.717) is 30.2 Å². The van der Waals surface area contributed by atoms with E-state index in [4.69, 9.17) is 25.8 Å². The topological polar surface area (TPSA) is 109 Å². The zero-order valence-electron chi connectivity index (χ0n) is 17.9. The van der Waals surface area contributed by atoms with Gasteiger partial charge in [0.15, 0.2) is 0 Å². The van der Waals surface area contributed by atoms with E-state index in [2.05, 4.69) is 11.8 Å². The number of hydrogen-bond acceptors (Lipinski definition) is 7. The van der Waals surface area contributed by atoms with Gasteiger partial charge in [0.05, 0.1) is 12.7 Å². The lowest BCUT2D eigenvalue weighted by atomic mass is 9.81. The van der Waals surface area contributed by atoms with Crippen LogP contribution in [0.3, 0.4) is 0 Å². The van der Waals surface area contributed by atoms with Gasteiger partial charge in [-0.05, 0) is 42.2 Å². The normalized spacial score (nSPS) is 30.1. The summed E-state index contributed by atoms with van der Waals surface area (Å²) in [6.45, 7) is 0.204. The second kappa shape index (κ2) is 11.8. The molecule has 0 saturated carbocycles. The lowest BCUT2D eigenvalue weighted by Crippen LogP contribution is -2.60. The molecule has 1 aliphatic carbocycles. The van der Waals surface area contributed by atoms with Crippen molar-refractivity contribution in [2.24, 2.45) is 5.92 Å². The number of rotatable bonds is 7. The van der Waals surface area contributed by atoms with E-state index in [-0.39, 0.29) is 12.5 Å². The Labute approximate surface area is 192 Å². The molecule has 1 heterocycles. The first-order valence-electron chi connectivity index (χ1n) is 10.5. The average Bonchev–Trinajstić information content (AvgIpc) is 2.80. The van der Waals surface area contributed by atoms with Crippen molar-refractivity contribution in [1.82, 2.24) is 0 Å². The summed E-state index contributed by atoms with van der Waals surface area (Å²) >= 11 is 6.43. The lowest BCUT2D eigenvalue weighted by Gasteiger charge is -2.43. The first kappa shape index (κ1) is 24.7. The van der Waals surface area contributed by atoms with Crippen LogP contribution >= 0.6 is 11.6 Å².